The molecule has 0 bridgehead atoms. The van der Waals surface area contributed by atoms with Gasteiger partial charge in [-0.25, -0.2) is 0 Å². The maximum atomic E-state index is 3.89. The summed E-state index contributed by atoms with van der Waals surface area (Å²) in [4.78, 5) is 0. The summed E-state index contributed by atoms with van der Waals surface area (Å²) >= 11 is 0. The minimum absolute atomic E-state index is 0.469. The van der Waals surface area contributed by atoms with Crippen LogP contribution in [0.1, 0.15) is 38.5 Å². The van der Waals surface area contributed by atoms with Gasteiger partial charge in [0, 0.05) is 55.8 Å². The monoisotopic (exact) mass is 319 g/mol. The van der Waals surface area contributed by atoms with Crippen LogP contribution in [0, 0.1) is 10.8 Å². The molecule has 5 unspecified atom stereocenters. The first-order valence-electron chi connectivity index (χ1n) is 9.96. The Labute approximate surface area is 140 Å². The predicted molar refractivity (Wildman–Crippen MR) is 92.6 cm³/mol. The number of hydrogen-bond acceptors (Lipinski definition) is 5. The van der Waals surface area contributed by atoms with E-state index in [2.05, 4.69) is 26.6 Å². The molecule has 4 saturated heterocycles. The van der Waals surface area contributed by atoms with Gasteiger partial charge in [-0.05, 0) is 50.6 Å². The Morgan fingerprint density at radius 2 is 1.52 bits per heavy atom. The molecule has 5 nitrogen and oxygen atoms in total. The highest BCUT2D eigenvalue weighted by Crippen LogP contribution is 2.52. The Morgan fingerprint density at radius 1 is 0.696 bits per heavy atom. The van der Waals surface area contributed by atoms with Gasteiger partial charge in [-0.2, -0.15) is 0 Å². The maximum Gasteiger partial charge on any atom is 0.0353 e. The molecule has 5 atom stereocenters. The molecule has 5 aliphatic rings. The van der Waals surface area contributed by atoms with Crippen molar-refractivity contribution in [3.05, 3.63) is 0 Å². The lowest BCUT2D eigenvalue weighted by Crippen LogP contribution is -2.77. The molecule has 130 valence electrons. The fourth-order valence-corrected chi connectivity index (χ4v) is 6.38. The second-order valence-electron chi connectivity index (χ2n) is 8.91. The summed E-state index contributed by atoms with van der Waals surface area (Å²) in [6.07, 6.45) is 8.62. The Kier molecular flexibility index (Phi) is 3.72. The van der Waals surface area contributed by atoms with Gasteiger partial charge in [0.15, 0.2) is 0 Å². The van der Waals surface area contributed by atoms with Crippen LogP contribution in [0.3, 0.4) is 0 Å². The molecule has 0 aromatic heterocycles. The SMILES string of the molecule is C1CC2(C1)CCNC(C1NCC13CCNC3C1CNCCN1)C2. The molecule has 5 heteroatoms. The average Bonchev–Trinajstić information content (AvgIpc) is 3.01. The fraction of sp³-hybridized carbons (Fsp3) is 1.00. The molecule has 0 amide bonds. The van der Waals surface area contributed by atoms with Gasteiger partial charge in [-0.3, -0.25) is 0 Å². The van der Waals surface area contributed by atoms with Gasteiger partial charge in [0.05, 0.1) is 0 Å². The van der Waals surface area contributed by atoms with E-state index in [1.54, 1.807) is 0 Å². The lowest BCUT2D eigenvalue weighted by atomic mass is 9.57. The third-order valence-electron chi connectivity index (χ3n) is 7.85. The van der Waals surface area contributed by atoms with E-state index in [1.807, 2.05) is 0 Å². The van der Waals surface area contributed by atoms with Crippen LogP contribution in [-0.2, 0) is 0 Å². The van der Waals surface area contributed by atoms with Crippen molar-refractivity contribution < 1.29 is 0 Å². The van der Waals surface area contributed by atoms with E-state index >= 15 is 0 Å². The van der Waals surface area contributed by atoms with Crippen LogP contribution in [-0.4, -0.2) is 63.4 Å². The molecule has 0 aromatic carbocycles. The molecular formula is C18H33N5. The number of piperidine rings is 1. The number of nitrogens with one attached hydrogen (secondary N) is 5. The molecule has 5 rings (SSSR count). The second-order valence-corrected chi connectivity index (χ2v) is 8.91. The van der Waals surface area contributed by atoms with Crippen molar-refractivity contribution in [3.63, 3.8) is 0 Å². The summed E-state index contributed by atoms with van der Waals surface area (Å²) in [5, 5.41) is 19.0. The van der Waals surface area contributed by atoms with E-state index in [1.165, 1.54) is 58.2 Å². The van der Waals surface area contributed by atoms with Gasteiger partial charge >= 0.3 is 0 Å². The van der Waals surface area contributed by atoms with Gasteiger partial charge in [-0.15, -0.1) is 0 Å². The third kappa shape index (κ3) is 2.31. The molecule has 23 heavy (non-hydrogen) atoms. The van der Waals surface area contributed by atoms with Crippen LogP contribution >= 0.6 is 0 Å². The van der Waals surface area contributed by atoms with Gasteiger partial charge < -0.3 is 26.6 Å². The maximum absolute atomic E-state index is 3.89. The van der Waals surface area contributed by atoms with E-state index in [4.69, 9.17) is 0 Å². The highest BCUT2D eigenvalue weighted by molar-refractivity contribution is 5.19. The number of hydrogen-bond donors (Lipinski definition) is 5. The molecule has 1 aliphatic carbocycles. The molecule has 0 radical (unpaired) electrons. The largest absolute Gasteiger partial charge is 0.314 e. The van der Waals surface area contributed by atoms with Crippen molar-refractivity contribution in [1.82, 2.24) is 26.6 Å². The highest BCUT2D eigenvalue weighted by atomic mass is 15.2. The van der Waals surface area contributed by atoms with Crippen molar-refractivity contribution >= 4 is 0 Å². The number of piperazine rings is 1. The van der Waals surface area contributed by atoms with Gasteiger partial charge in [0.25, 0.3) is 0 Å². The summed E-state index contributed by atoms with van der Waals surface area (Å²) in [6.45, 7) is 6.98. The third-order valence-corrected chi connectivity index (χ3v) is 7.85. The van der Waals surface area contributed by atoms with Crippen molar-refractivity contribution in [1.29, 1.82) is 0 Å². The zero-order valence-corrected chi connectivity index (χ0v) is 14.3. The van der Waals surface area contributed by atoms with E-state index in [0.717, 1.165) is 19.6 Å². The molecule has 4 aliphatic heterocycles. The standard InChI is InChI=1S/C18H33N5/c1-2-17(3-1)4-6-20-13(10-17)15-18(12-23-15)5-7-22-16(18)14-11-19-8-9-21-14/h13-16,19-23H,1-12H2. The van der Waals surface area contributed by atoms with E-state index < -0.39 is 0 Å². The van der Waals surface area contributed by atoms with E-state index in [0.29, 0.717) is 35.0 Å². The molecule has 5 fully saturated rings. The second kappa shape index (κ2) is 5.67. The molecule has 5 N–H and O–H groups in total. The summed E-state index contributed by atoms with van der Waals surface area (Å²) in [5.74, 6) is 0. The lowest BCUT2D eigenvalue weighted by Gasteiger charge is -2.59. The summed E-state index contributed by atoms with van der Waals surface area (Å²) in [7, 11) is 0. The van der Waals surface area contributed by atoms with Crippen molar-refractivity contribution in [2.45, 2.75) is 62.7 Å². The quantitative estimate of drug-likeness (QED) is 0.488. The van der Waals surface area contributed by atoms with Crippen molar-refractivity contribution in [2.24, 2.45) is 10.8 Å². The average molecular weight is 319 g/mol. The van der Waals surface area contributed by atoms with E-state index in [9.17, 15) is 0 Å². The Morgan fingerprint density at radius 3 is 2.22 bits per heavy atom. The normalized spacial score (nSPS) is 49.0. The van der Waals surface area contributed by atoms with Crippen molar-refractivity contribution in [2.75, 3.05) is 39.3 Å². The molecule has 0 aromatic rings. The first-order valence-corrected chi connectivity index (χ1v) is 9.96. The van der Waals surface area contributed by atoms with Gasteiger partial charge in [-0.1, -0.05) is 6.42 Å². The minimum atomic E-state index is 0.469. The van der Waals surface area contributed by atoms with Crippen LogP contribution in [0.25, 0.3) is 0 Å². The molecular weight excluding hydrogens is 286 g/mol. The van der Waals surface area contributed by atoms with Crippen LogP contribution in [0.15, 0.2) is 0 Å². The highest BCUT2D eigenvalue weighted by Gasteiger charge is 2.59. The predicted octanol–water partition coefficient (Wildman–Crippen LogP) is -0.210. The summed E-state index contributed by atoms with van der Waals surface area (Å²) in [5.41, 5.74) is 1.18. The fourth-order valence-electron chi connectivity index (χ4n) is 6.38. The van der Waals surface area contributed by atoms with Gasteiger partial charge in [0.1, 0.15) is 0 Å². The first kappa shape index (κ1) is 15.1. The zero-order chi connectivity index (χ0) is 15.3. The van der Waals surface area contributed by atoms with Crippen LogP contribution < -0.4 is 26.6 Å². The van der Waals surface area contributed by atoms with Crippen LogP contribution in [0.2, 0.25) is 0 Å². The molecule has 1 saturated carbocycles. The summed E-state index contributed by atoms with van der Waals surface area (Å²) in [6, 6.07) is 2.58. The van der Waals surface area contributed by atoms with Crippen LogP contribution in [0.5, 0.6) is 0 Å². The molecule has 2 spiro atoms. The Bertz CT molecular complexity index is 445. The smallest absolute Gasteiger partial charge is 0.0353 e. The van der Waals surface area contributed by atoms with E-state index in [-0.39, 0.29) is 0 Å². The lowest BCUT2D eigenvalue weighted by molar-refractivity contribution is -0.0192. The Balaban J connectivity index is 1.33. The topological polar surface area (TPSA) is 60.1 Å². The van der Waals surface area contributed by atoms with Crippen LogP contribution in [0.4, 0.5) is 0 Å². The van der Waals surface area contributed by atoms with Crippen molar-refractivity contribution in [3.8, 4) is 0 Å². The number of rotatable bonds is 2. The minimum Gasteiger partial charge on any atom is -0.314 e. The zero-order valence-electron chi connectivity index (χ0n) is 14.3. The molecule has 4 heterocycles. The van der Waals surface area contributed by atoms with Gasteiger partial charge in [0.2, 0.25) is 0 Å². The first-order chi connectivity index (χ1) is 11.3. The summed E-state index contributed by atoms with van der Waals surface area (Å²) < 4.78 is 0. The Hall–Kier alpha value is -0.200.